The standard InChI is InChI=1S/C29H30N4O4/c1-3-4-17-37-27-14-13-24(26-19-31-32-33(26)2)18-25(27)28(34)30-16-15-20-5-7-21(8-6-20)22-9-11-23(12-10-22)29(35)36/h5-14,18-19H,3-4,15-17H2,1-2H3,(H,30,34)(H,35,36). The van der Waals surface area contributed by atoms with E-state index in [4.69, 9.17) is 9.84 Å². The van der Waals surface area contributed by atoms with Gasteiger partial charge < -0.3 is 15.2 Å². The second-order valence-electron chi connectivity index (χ2n) is 8.74. The summed E-state index contributed by atoms with van der Waals surface area (Å²) in [4.78, 5) is 24.2. The van der Waals surface area contributed by atoms with Gasteiger partial charge in [-0.1, -0.05) is 55.0 Å². The Hall–Kier alpha value is -4.46. The van der Waals surface area contributed by atoms with E-state index >= 15 is 0 Å². The molecule has 1 amide bonds. The third-order valence-electron chi connectivity index (χ3n) is 6.11. The molecule has 0 fully saturated rings. The summed E-state index contributed by atoms with van der Waals surface area (Å²) in [5.41, 5.74) is 5.43. The van der Waals surface area contributed by atoms with Gasteiger partial charge in [-0.15, -0.1) is 5.10 Å². The van der Waals surface area contributed by atoms with Crippen LogP contribution in [0.15, 0.2) is 72.9 Å². The van der Waals surface area contributed by atoms with Crippen molar-refractivity contribution in [2.24, 2.45) is 7.05 Å². The Balaban J connectivity index is 1.41. The number of carboxylic acids is 1. The fraction of sp³-hybridized carbons (Fsp3) is 0.241. The zero-order valence-electron chi connectivity index (χ0n) is 21.0. The topological polar surface area (TPSA) is 106 Å². The minimum absolute atomic E-state index is 0.196. The molecule has 3 aromatic carbocycles. The second-order valence-corrected chi connectivity index (χ2v) is 8.74. The molecule has 0 spiro atoms. The lowest BCUT2D eigenvalue weighted by Crippen LogP contribution is -2.26. The molecule has 0 aliphatic carbocycles. The van der Waals surface area contributed by atoms with Crippen LogP contribution in [0.5, 0.6) is 5.75 Å². The molecule has 0 aliphatic heterocycles. The first-order chi connectivity index (χ1) is 18.0. The zero-order valence-corrected chi connectivity index (χ0v) is 21.0. The maximum atomic E-state index is 13.1. The Morgan fingerprint density at radius 2 is 1.65 bits per heavy atom. The highest BCUT2D eigenvalue weighted by Gasteiger charge is 2.16. The number of aryl methyl sites for hydroxylation is 1. The van der Waals surface area contributed by atoms with Gasteiger partial charge in [0.1, 0.15) is 5.75 Å². The molecule has 0 saturated carbocycles. The van der Waals surface area contributed by atoms with Crippen molar-refractivity contribution in [3.63, 3.8) is 0 Å². The van der Waals surface area contributed by atoms with Crippen molar-refractivity contribution in [2.45, 2.75) is 26.2 Å². The van der Waals surface area contributed by atoms with Gasteiger partial charge in [-0.2, -0.15) is 0 Å². The SMILES string of the molecule is CCCCOc1ccc(-c2cnnn2C)cc1C(=O)NCCc1ccc(-c2ccc(C(=O)O)cc2)cc1. The number of carbonyl (C=O) groups excluding carboxylic acids is 1. The molecule has 8 nitrogen and oxygen atoms in total. The van der Waals surface area contributed by atoms with Gasteiger partial charge in [0.25, 0.3) is 5.91 Å². The van der Waals surface area contributed by atoms with E-state index in [1.165, 1.54) is 0 Å². The Bertz CT molecular complexity index is 1360. The molecule has 1 aromatic heterocycles. The number of amides is 1. The van der Waals surface area contributed by atoms with Crippen LogP contribution in [0.1, 0.15) is 46.0 Å². The van der Waals surface area contributed by atoms with Gasteiger partial charge in [0.05, 0.1) is 29.6 Å². The minimum Gasteiger partial charge on any atom is -0.493 e. The lowest BCUT2D eigenvalue weighted by molar-refractivity contribution is 0.0696. The van der Waals surface area contributed by atoms with E-state index < -0.39 is 5.97 Å². The number of benzene rings is 3. The Morgan fingerprint density at radius 1 is 0.973 bits per heavy atom. The summed E-state index contributed by atoms with van der Waals surface area (Å²) in [6.07, 6.45) is 4.25. The molecule has 4 rings (SSSR count). The normalized spacial score (nSPS) is 10.8. The molecule has 0 radical (unpaired) electrons. The Labute approximate surface area is 215 Å². The molecule has 2 N–H and O–H groups in total. The van der Waals surface area contributed by atoms with Crippen molar-refractivity contribution in [2.75, 3.05) is 13.2 Å². The van der Waals surface area contributed by atoms with E-state index in [0.717, 1.165) is 40.8 Å². The molecule has 190 valence electrons. The molecular weight excluding hydrogens is 468 g/mol. The second kappa shape index (κ2) is 12.0. The van der Waals surface area contributed by atoms with Gasteiger partial charge in [0.15, 0.2) is 0 Å². The van der Waals surface area contributed by atoms with Crippen molar-refractivity contribution >= 4 is 11.9 Å². The summed E-state index contributed by atoms with van der Waals surface area (Å²) in [6.45, 7) is 3.11. The molecule has 37 heavy (non-hydrogen) atoms. The fourth-order valence-corrected chi connectivity index (χ4v) is 3.95. The molecule has 0 atom stereocenters. The Morgan fingerprint density at radius 3 is 2.27 bits per heavy atom. The van der Waals surface area contributed by atoms with Crippen LogP contribution >= 0.6 is 0 Å². The van der Waals surface area contributed by atoms with Crippen molar-refractivity contribution in [1.82, 2.24) is 20.3 Å². The average molecular weight is 499 g/mol. The number of aromatic nitrogens is 3. The molecule has 0 bridgehead atoms. The van der Waals surface area contributed by atoms with Gasteiger partial charge in [-0.05, 0) is 59.9 Å². The predicted molar refractivity (Wildman–Crippen MR) is 142 cm³/mol. The smallest absolute Gasteiger partial charge is 0.335 e. The Kier molecular flexibility index (Phi) is 8.30. The van der Waals surface area contributed by atoms with Gasteiger partial charge in [-0.3, -0.25) is 4.79 Å². The maximum absolute atomic E-state index is 13.1. The molecular formula is C29H30N4O4. The van der Waals surface area contributed by atoms with Crippen molar-refractivity contribution in [1.29, 1.82) is 0 Å². The van der Waals surface area contributed by atoms with E-state index in [2.05, 4.69) is 22.6 Å². The maximum Gasteiger partial charge on any atom is 0.335 e. The third-order valence-corrected chi connectivity index (χ3v) is 6.11. The van der Waals surface area contributed by atoms with Crippen molar-refractivity contribution < 1.29 is 19.4 Å². The molecule has 1 heterocycles. The fourth-order valence-electron chi connectivity index (χ4n) is 3.95. The summed E-state index contributed by atoms with van der Waals surface area (Å²) in [7, 11) is 1.81. The number of aromatic carboxylic acids is 1. The van der Waals surface area contributed by atoms with E-state index in [0.29, 0.717) is 30.9 Å². The molecule has 8 heteroatoms. The van der Waals surface area contributed by atoms with Gasteiger partial charge >= 0.3 is 5.97 Å². The molecule has 0 unspecified atom stereocenters. The first kappa shape index (κ1) is 25.6. The van der Waals surface area contributed by atoms with E-state index in [9.17, 15) is 9.59 Å². The van der Waals surface area contributed by atoms with Crippen LogP contribution in [0.2, 0.25) is 0 Å². The third kappa shape index (κ3) is 6.41. The number of nitrogens with zero attached hydrogens (tertiary/aromatic N) is 3. The van der Waals surface area contributed by atoms with Crippen LogP contribution in [0.25, 0.3) is 22.4 Å². The number of carbonyl (C=O) groups is 2. The van der Waals surface area contributed by atoms with Crippen LogP contribution in [0, 0.1) is 0 Å². The number of carboxylic acid groups (broad SMARTS) is 1. The first-order valence-corrected chi connectivity index (χ1v) is 12.3. The van der Waals surface area contributed by atoms with Crippen LogP contribution in [-0.4, -0.2) is 45.1 Å². The van der Waals surface area contributed by atoms with Gasteiger partial charge in [0, 0.05) is 19.2 Å². The number of unbranched alkanes of at least 4 members (excludes halogenated alkanes) is 1. The lowest BCUT2D eigenvalue weighted by Gasteiger charge is -2.13. The van der Waals surface area contributed by atoms with Crippen molar-refractivity contribution in [3.05, 3.63) is 89.6 Å². The van der Waals surface area contributed by atoms with Crippen LogP contribution in [0.3, 0.4) is 0 Å². The highest BCUT2D eigenvalue weighted by molar-refractivity contribution is 5.98. The summed E-state index contributed by atoms with van der Waals surface area (Å²) in [6, 6.07) is 20.4. The minimum atomic E-state index is -0.940. The van der Waals surface area contributed by atoms with Crippen molar-refractivity contribution in [3.8, 4) is 28.1 Å². The average Bonchev–Trinajstić information content (AvgIpc) is 3.35. The van der Waals surface area contributed by atoms with Crippen LogP contribution < -0.4 is 10.1 Å². The summed E-state index contributed by atoms with van der Waals surface area (Å²) >= 11 is 0. The number of rotatable bonds is 11. The summed E-state index contributed by atoms with van der Waals surface area (Å²) in [5.74, 6) is -0.578. The van der Waals surface area contributed by atoms with Crippen LogP contribution in [-0.2, 0) is 13.5 Å². The largest absolute Gasteiger partial charge is 0.493 e. The quantitative estimate of drug-likeness (QED) is 0.282. The van der Waals surface area contributed by atoms with Gasteiger partial charge in [0.2, 0.25) is 0 Å². The van der Waals surface area contributed by atoms with Gasteiger partial charge in [-0.25, -0.2) is 9.48 Å². The highest BCUT2D eigenvalue weighted by atomic mass is 16.5. The number of ether oxygens (including phenoxy) is 1. The first-order valence-electron chi connectivity index (χ1n) is 12.3. The monoisotopic (exact) mass is 498 g/mol. The number of hydrogen-bond acceptors (Lipinski definition) is 5. The van der Waals surface area contributed by atoms with E-state index in [-0.39, 0.29) is 11.5 Å². The molecule has 4 aromatic rings. The predicted octanol–water partition coefficient (Wildman–Crippen LogP) is 5.00. The van der Waals surface area contributed by atoms with E-state index in [1.54, 1.807) is 35.1 Å². The van der Waals surface area contributed by atoms with E-state index in [1.807, 2.05) is 49.5 Å². The zero-order chi connectivity index (χ0) is 26.2. The summed E-state index contributed by atoms with van der Waals surface area (Å²) < 4.78 is 7.58. The molecule has 0 aliphatic rings. The number of hydrogen-bond donors (Lipinski definition) is 2. The number of nitrogens with one attached hydrogen (secondary N) is 1. The molecule has 0 saturated heterocycles. The highest BCUT2D eigenvalue weighted by Crippen LogP contribution is 2.27. The van der Waals surface area contributed by atoms with Crippen LogP contribution in [0.4, 0.5) is 0 Å². The lowest BCUT2D eigenvalue weighted by atomic mass is 10.0. The summed E-state index contributed by atoms with van der Waals surface area (Å²) in [5, 5.41) is 20.0.